The molecular weight excluding hydrogens is 717 g/mol. The van der Waals surface area contributed by atoms with Crippen molar-refractivity contribution in [3.8, 4) is 5.75 Å². The van der Waals surface area contributed by atoms with Gasteiger partial charge in [0.1, 0.15) is 16.9 Å². The van der Waals surface area contributed by atoms with Crippen molar-refractivity contribution in [2.75, 3.05) is 57.0 Å². The molecular formula is C43H64N4O5S2. The van der Waals surface area contributed by atoms with Crippen LogP contribution in [0.2, 0.25) is 0 Å². The van der Waals surface area contributed by atoms with Crippen LogP contribution in [0.25, 0.3) is 10.9 Å². The first-order valence-electron chi connectivity index (χ1n) is 20.9. The Morgan fingerprint density at radius 3 is 2.09 bits per heavy atom. The smallest absolute Gasteiger partial charge is 0.210 e. The molecule has 0 unspecified atom stereocenters. The summed E-state index contributed by atoms with van der Waals surface area (Å²) in [7, 11) is -3.93. The first-order chi connectivity index (χ1) is 26.2. The molecule has 6 rings (SSSR count). The summed E-state index contributed by atoms with van der Waals surface area (Å²) in [5.74, 6) is 0.677. The molecule has 1 aromatic heterocycles. The van der Waals surface area contributed by atoms with Gasteiger partial charge in [-0.15, -0.1) is 0 Å². The van der Waals surface area contributed by atoms with E-state index in [2.05, 4.69) is 26.6 Å². The summed E-state index contributed by atoms with van der Waals surface area (Å²) >= 11 is -1.22. The van der Waals surface area contributed by atoms with Crippen molar-refractivity contribution in [3.63, 3.8) is 0 Å². The summed E-state index contributed by atoms with van der Waals surface area (Å²) in [6, 6.07) is 13.4. The second-order valence-electron chi connectivity index (χ2n) is 15.9. The van der Waals surface area contributed by atoms with Crippen LogP contribution < -0.4 is 9.64 Å². The lowest BCUT2D eigenvalue weighted by molar-refractivity contribution is 0.0170. The van der Waals surface area contributed by atoms with E-state index >= 15 is 0 Å². The van der Waals surface area contributed by atoms with Crippen LogP contribution in [0.5, 0.6) is 5.75 Å². The lowest BCUT2D eigenvalue weighted by atomic mass is 9.95. The molecule has 3 saturated heterocycles. The largest absolute Gasteiger partial charge is 0.612 e. The molecule has 298 valence electrons. The first-order valence-corrected chi connectivity index (χ1v) is 23.9. The molecule has 9 nitrogen and oxygen atoms in total. The standard InChI is InChI=1S/C43H64N4O5S2/c1-3-4-5-6-7-8-9-10-11-12-30-52-37-15-18-39(19-16-37)54(50,51)42-32-44-41-20-17-38(53(2)49)31-40(41)43(42)46-28-23-34(24-29-46)45-26-21-35(22-27-45)47-25-13-14-36(48)33-47/h15-20,31-32,34-36,48H,3-14,21-30,33H2,1-2H3/t36-,53-/m1/s1. The van der Waals surface area contributed by atoms with E-state index in [1.54, 1.807) is 30.5 Å². The van der Waals surface area contributed by atoms with E-state index in [0.717, 1.165) is 96.0 Å². The average molecular weight is 781 g/mol. The maximum atomic E-state index is 14.4. The minimum absolute atomic E-state index is 0.190. The third kappa shape index (κ3) is 10.7. The number of aliphatic hydroxyl groups excluding tert-OH is 1. The van der Waals surface area contributed by atoms with Gasteiger partial charge in [0.05, 0.1) is 28.8 Å². The summed E-state index contributed by atoms with van der Waals surface area (Å²) < 4.78 is 47.4. The van der Waals surface area contributed by atoms with Gasteiger partial charge in [0, 0.05) is 49.4 Å². The molecule has 2 atom stereocenters. The number of hydrogen-bond acceptors (Lipinski definition) is 9. The lowest BCUT2D eigenvalue weighted by Crippen LogP contribution is -2.53. The van der Waals surface area contributed by atoms with Crippen molar-refractivity contribution in [2.24, 2.45) is 0 Å². The fourth-order valence-corrected chi connectivity index (χ4v) is 10.8. The van der Waals surface area contributed by atoms with E-state index in [9.17, 15) is 18.1 Å². The Hall–Kier alpha value is -2.41. The number of benzene rings is 2. The number of fused-ring (bicyclic) bond motifs is 1. The predicted octanol–water partition coefficient (Wildman–Crippen LogP) is 7.99. The zero-order chi connectivity index (χ0) is 37.9. The number of pyridine rings is 1. The lowest BCUT2D eigenvalue weighted by Gasteiger charge is -2.45. The topological polar surface area (TPSA) is 109 Å². The number of aliphatic hydroxyl groups is 1. The van der Waals surface area contributed by atoms with Gasteiger partial charge < -0.3 is 24.2 Å². The Morgan fingerprint density at radius 1 is 0.815 bits per heavy atom. The maximum absolute atomic E-state index is 14.4. The van der Waals surface area contributed by atoms with Gasteiger partial charge >= 0.3 is 0 Å². The van der Waals surface area contributed by atoms with Gasteiger partial charge in [0.15, 0.2) is 4.90 Å². The van der Waals surface area contributed by atoms with Crippen molar-refractivity contribution in [1.82, 2.24) is 14.8 Å². The van der Waals surface area contributed by atoms with Gasteiger partial charge in [-0.2, -0.15) is 0 Å². The van der Waals surface area contributed by atoms with Crippen molar-refractivity contribution >= 4 is 37.6 Å². The molecule has 2 aromatic carbocycles. The number of nitrogens with zero attached hydrogens (tertiary/aromatic N) is 4. The highest BCUT2D eigenvalue weighted by molar-refractivity contribution is 7.91. The summed E-state index contributed by atoms with van der Waals surface area (Å²) in [5, 5.41) is 10.9. The Labute approximate surface area is 327 Å². The fourth-order valence-electron chi connectivity index (χ4n) is 8.85. The van der Waals surface area contributed by atoms with Crippen molar-refractivity contribution in [2.45, 2.75) is 143 Å². The minimum atomic E-state index is -3.93. The molecule has 3 aromatic rings. The van der Waals surface area contributed by atoms with Crippen LogP contribution >= 0.6 is 0 Å². The number of rotatable bonds is 18. The third-order valence-corrected chi connectivity index (χ3v) is 14.7. The Morgan fingerprint density at radius 2 is 1.44 bits per heavy atom. The number of unbranched alkanes of at least 4 members (excludes halogenated alkanes) is 9. The van der Waals surface area contributed by atoms with E-state index in [4.69, 9.17) is 4.74 Å². The molecule has 0 aliphatic carbocycles. The molecule has 0 saturated carbocycles. The number of anilines is 1. The number of piperidine rings is 3. The average Bonchev–Trinajstić information content (AvgIpc) is 3.19. The molecule has 0 radical (unpaired) electrons. The Kier molecular flexibility index (Phi) is 15.4. The summed E-state index contributed by atoms with van der Waals surface area (Å²) in [6.07, 6.45) is 21.8. The molecule has 0 spiro atoms. The van der Waals surface area contributed by atoms with Crippen molar-refractivity contribution in [1.29, 1.82) is 0 Å². The normalized spacial score (nSPS) is 20.4. The number of likely N-dealkylation sites (tertiary alicyclic amines) is 2. The number of aromatic nitrogens is 1. The molecule has 3 aliphatic rings. The van der Waals surface area contributed by atoms with Gasteiger partial charge in [-0.1, -0.05) is 64.7 Å². The van der Waals surface area contributed by atoms with E-state index in [-0.39, 0.29) is 15.9 Å². The number of hydrogen-bond donors (Lipinski definition) is 1. The van der Waals surface area contributed by atoms with Crippen molar-refractivity contribution < 1.29 is 22.8 Å². The number of β-amino-alcohol motifs (C(OH)–C–C–N with tert-alkyl or cyclic N) is 1. The molecule has 0 bridgehead atoms. The van der Waals surface area contributed by atoms with Crippen LogP contribution in [0, 0.1) is 0 Å². The van der Waals surface area contributed by atoms with Crippen LogP contribution in [0.3, 0.4) is 0 Å². The van der Waals surface area contributed by atoms with Crippen LogP contribution in [0.4, 0.5) is 5.69 Å². The molecule has 0 amide bonds. The van der Waals surface area contributed by atoms with Crippen molar-refractivity contribution in [3.05, 3.63) is 48.7 Å². The van der Waals surface area contributed by atoms with Gasteiger partial charge in [0.2, 0.25) is 9.84 Å². The van der Waals surface area contributed by atoms with Crippen LogP contribution in [-0.4, -0.2) is 103 Å². The van der Waals surface area contributed by atoms with Crippen LogP contribution in [0.15, 0.2) is 63.3 Å². The highest BCUT2D eigenvalue weighted by Gasteiger charge is 2.34. The molecule has 54 heavy (non-hydrogen) atoms. The number of sulfone groups is 1. The molecule has 3 aliphatic heterocycles. The van der Waals surface area contributed by atoms with E-state index < -0.39 is 21.0 Å². The minimum Gasteiger partial charge on any atom is -0.612 e. The maximum Gasteiger partial charge on any atom is 0.210 e. The number of ether oxygens (including phenoxy) is 1. The fraction of sp³-hybridized carbons (Fsp3) is 0.651. The second-order valence-corrected chi connectivity index (χ2v) is 19.2. The van der Waals surface area contributed by atoms with E-state index in [0.29, 0.717) is 40.5 Å². The quantitative estimate of drug-likeness (QED) is 0.102. The second kappa shape index (κ2) is 20.1. The summed E-state index contributed by atoms with van der Waals surface area (Å²) in [5.41, 5.74) is 1.36. The van der Waals surface area contributed by atoms with Gasteiger partial charge in [0.25, 0.3) is 0 Å². The highest BCUT2D eigenvalue weighted by atomic mass is 32.2. The highest BCUT2D eigenvalue weighted by Crippen LogP contribution is 2.39. The monoisotopic (exact) mass is 780 g/mol. The molecule has 11 heteroatoms. The third-order valence-electron chi connectivity index (χ3n) is 12.0. The Balaban J connectivity index is 1.09. The van der Waals surface area contributed by atoms with E-state index in [1.807, 2.05) is 18.2 Å². The molecule has 1 N–H and O–H groups in total. The molecule has 3 fully saturated rings. The zero-order valence-electron chi connectivity index (χ0n) is 32.8. The predicted molar refractivity (Wildman–Crippen MR) is 220 cm³/mol. The SMILES string of the molecule is CCCCCCCCCCCCOc1ccc(S(=O)(=O)c2cnc3ccc([S@@+](C)[O-])cc3c2N2CCC(N3CCC(N4CCC[C@@H](O)C4)CC3)CC2)cc1. The van der Waals surface area contributed by atoms with E-state index in [1.165, 1.54) is 57.6 Å². The first kappa shape index (κ1) is 41.2. The van der Waals surface area contributed by atoms with Crippen LogP contribution in [0.1, 0.15) is 110 Å². The van der Waals surface area contributed by atoms with Gasteiger partial charge in [-0.05, 0) is 112 Å². The van der Waals surface area contributed by atoms with Crippen LogP contribution in [-0.2, 0) is 21.0 Å². The van der Waals surface area contributed by atoms with Gasteiger partial charge in [-0.3, -0.25) is 9.88 Å². The Bertz CT molecular complexity index is 1710. The summed E-state index contributed by atoms with van der Waals surface area (Å²) in [4.78, 5) is 13.0. The molecule has 4 heterocycles. The zero-order valence-corrected chi connectivity index (χ0v) is 34.4. The summed E-state index contributed by atoms with van der Waals surface area (Å²) in [6.45, 7) is 8.36. The van der Waals surface area contributed by atoms with Gasteiger partial charge in [-0.25, -0.2) is 8.42 Å².